The Kier molecular flexibility index (Phi) is 4.20. The molecule has 1 aromatic carbocycles. The van der Waals surface area contributed by atoms with Crippen LogP contribution in [-0.2, 0) is 0 Å². The van der Waals surface area contributed by atoms with E-state index in [0.717, 1.165) is 29.8 Å². The number of nitrogens with one attached hydrogen (secondary N) is 1. The van der Waals surface area contributed by atoms with Gasteiger partial charge in [-0.1, -0.05) is 18.0 Å². The van der Waals surface area contributed by atoms with Gasteiger partial charge in [0.1, 0.15) is 5.75 Å². The Morgan fingerprint density at radius 2 is 2.19 bits per heavy atom. The number of methoxy groups -OCH3 is 1. The standard InChI is InChI=1S/C16H21N3O2/c1-11-10-12(7-8-14(11)20-2)15-18-16(21-19-15)13-6-4-3-5-9-17-13/h7-8,10,13,17H,3-6,9H2,1-2H3. The minimum Gasteiger partial charge on any atom is -0.496 e. The van der Waals surface area contributed by atoms with Crippen LogP contribution in [0, 0.1) is 6.92 Å². The molecule has 0 bridgehead atoms. The zero-order valence-corrected chi connectivity index (χ0v) is 12.6. The van der Waals surface area contributed by atoms with Crippen LogP contribution in [0.5, 0.6) is 5.75 Å². The zero-order chi connectivity index (χ0) is 14.7. The van der Waals surface area contributed by atoms with Gasteiger partial charge >= 0.3 is 0 Å². The van der Waals surface area contributed by atoms with E-state index in [1.165, 1.54) is 19.3 Å². The van der Waals surface area contributed by atoms with E-state index in [9.17, 15) is 0 Å². The molecule has 0 aliphatic carbocycles. The van der Waals surface area contributed by atoms with Gasteiger partial charge in [0.05, 0.1) is 13.2 Å². The zero-order valence-electron chi connectivity index (χ0n) is 12.6. The number of ether oxygens (including phenoxy) is 1. The predicted octanol–water partition coefficient (Wildman–Crippen LogP) is 3.26. The number of hydrogen-bond acceptors (Lipinski definition) is 5. The lowest BCUT2D eigenvalue weighted by atomic mass is 10.1. The first-order valence-corrected chi connectivity index (χ1v) is 7.50. The molecule has 1 unspecified atom stereocenters. The first kappa shape index (κ1) is 14.1. The summed E-state index contributed by atoms with van der Waals surface area (Å²) in [6, 6.07) is 6.10. The smallest absolute Gasteiger partial charge is 0.244 e. The molecule has 1 atom stereocenters. The number of aryl methyl sites for hydroxylation is 1. The second-order valence-corrected chi connectivity index (χ2v) is 5.50. The van der Waals surface area contributed by atoms with Gasteiger partial charge in [0.15, 0.2) is 0 Å². The second kappa shape index (κ2) is 6.26. The van der Waals surface area contributed by atoms with Crippen LogP contribution in [0.1, 0.15) is 43.2 Å². The molecule has 5 heteroatoms. The first-order valence-electron chi connectivity index (χ1n) is 7.50. The van der Waals surface area contributed by atoms with Crippen molar-refractivity contribution < 1.29 is 9.26 Å². The van der Waals surface area contributed by atoms with Crippen molar-refractivity contribution in [1.29, 1.82) is 0 Å². The average molecular weight is 287 g/mol. The van der Waals surface area contributed by atoms with Crippen molar-refractivity contribution in [3.63, 3.8) is 0 Å². The van der Waals surface area contributed by atoms with Gasteiger partial charge in [-0.3, -0.25) is 0 Å². The van der Waals surface area contributed by atoms with Crippen molar-refractivity contribution in [1.82, 2.24) is 15.5 Å². The summed E-state index contributed by atoms with van der Waals surface area (Å²) in [5.41, 5.74) is 2.02. The van der Waals surface area contributed by atoms with Crippen molar-refractivity contribution in [3.8, 4) is 17.1 Å². The third kappa shape index (κ3) is 3.08. The maximum absolute atomic E-state index is 5.46. The van der Waals surface area contributed by atoms with Crippen molar-refractivity contribution in [3.05, 3.63) is 29.7 Å². The highest BCUT2D eigenvalue weighted by molar-refractivity contribution is 5.58. The van der Waals surface area contributed by atoms with Crippen LogP contribution in [0.15, 0.2) is 22.7 Å². The second-order valence-electron chi connectivity index (χ2n) is 5.50. The fourth-order valence-electron chi connectivity index (χ4n) is 2.75. The molecule has 3 rings (SSSR count). The summed E-state index contributed by atoms with van der Waals surface area (Å²) in [6.07, 6.45) is 4.75. The topological polar surface area (TPSA) is 60.2 Å². The fourth-order valence-corrected chi connectivity index (χ4v) is 2.75. The lowest BCUT2D eigenvalue weighted by Crippen LogP contribution is -2.20. The summed E-state index contributed by atoms with van der Waals surface area (Å²) >= 11 is 0. The number of hydrogen-bond donors (Lipinski definition) is 1. The van der Waals surface area contributed by atoms with E-state index in [0.29, 0.717) is 11.7 Å². The summed E-state index contributed by atoms with van der Waals surface area (Å²) in [6.45, 7) is 3.03. The van der Waals surface area contributed by atoms with E-state index >= 15 is 0 Å². The molecule has 21 heavy (non-hydrogen) atoms. The maximum Gasteiger partial charge on any atom is 0.244 e. The van der Waals surface area contributed by atoms with Crippen molar-refractivity contribution >= 4 is 0 Å². The Morgan fingerprint density at radius 1 is 1.29 bits per heavy atom. The Labute approximate surface area is 124 Å². The molecular weight excluding hydrogens is 266 g/mol. The summed E-state index contributed by atoms with van der Waals surface area (Å²) in [5.74, 6) is 2.20. The van der Waals surface area contributed by atoms with Crippen LogP contribution in [0.4, 0.5) is 0 Å². The number of benzene rings is 1. The van der Waals surface area contributed by atoms with Gasteiger partial charge in [0.2, 0.25) is 11.7 Å². The number of rotatable bonds is 3. The molecule has 0 amide bonds. The average Bonchev–Trinajstić information content (AvgIpc) is 2.83. The quantitative estimate of drug-likeness (QED) is 0.939. The van der Waals surface area contributed by atoms with Crippen LogP contribution in [0.2, 0.25) is 0 Å². The van der Waals surface area contributed by atoms with Crippen LogP contribution in [0.3, 0.4) is 0 Å². The molecule has 5 nitrogen and oxygen atoms in total. The van der Waals surface area contributed by atoms with Crippen molar-refractivity contribution in [2.24, 2.45) is 0 Å². The normalized spacial score (nSPS) is 19.2. The molecule has 112 valence electrons. The highest BCUT2D eigenvalue weighted by atomic mass is 16.5. The molecule has 2 heterocycles. The SMILES string of the molecule is COc1ccc(-c2noc(C3CCCCCN3)n2)cc1C. The number of aromatic nitrogens is 2. The lowest BCUT2D eigenvalue weighted by molar-refractivity contribution is 0.327. The van der Waals surface area contributed by atoms with Gasteiger partial charge < -0.3 is 14.6 Å². The van der Waals surface area contributed by atoms with E-state index in [4.69, 9.17) is 9.26 Å². The predicted molar refractivity (Wildman–Crippen MR) is 80.2 cm³/mol. The van der Waals surface area contributed by atoms with E-state index in [2.05, 4.69) is 15.5 Å². The molecule has 1 fully saturated rings. The highest BCUT2D eigenvalue weighted by Crippen LogP contribution is 2.27. The molecule has 1 aliphatic rings. The van der Waals surface area contributed by atoms with E-state index in [1.807, 2.05) is 25.1 Å². The third-order valence-corrected chi connectivity index (χ3v) is 3.95. The maximum atomic E-state index is 5.46. The van der Waals surface area contributed by atoms with Gasteiger partial charge in [0, 0.05) is 5.56 Å². The van der Waals surface area contributed by atoms with Crippen LogP contribution < -0.4 is 10.1 Å². The molecule has 1 aliphatic heterocycles. The van der Waals surface area contributed by atoms with Gasteiger partial charge in [-0.05, 0) is 50.1 Å². The van der Waals surface area contributed by atoms with Gasteiger partial charge in [-0.15, -0.1) is 0 Å². The Balaban J connectivity index is 1.82. The molecule has 0 radical (unpaired) electrons. The third-order valence-electron chi connectivity index (χ3n) is 3.95. The summed E-state index contributed by atoms with van der Waals surface area (Å²) in [7, 11) is 1.67. The summed E-state index contributed by atoms with van der Waals surface area (Å²) in [5, 5.41) is 7.60. The van der Waals surface area contributed by atoms with Crippen molar-refractivity contribution in [2.75, 3.05) is 13.7 Å². The van der Waals surface area contributed by atoms with Gasteiger partial charge in [-0.25, -0.2) is 0 Å². The minimum absolute atomic E-state index is 0.188. The molecular formula is C16H21N3O2. The Hall–Kier alpha value is -1.88. The summed E-state index contributed by atoms with van der Waals surface area (Å²) in [4.78, 5) is 4.56. The van der Waals surface area contributed by atoms with Crippen LogP contribution in [0.25, 0.3) is 11.4 Å². The lowest BCUT2D eigenvalue weighted by Gasteiger charge is -2.09. The number of nitrogens with zero attached hydrogens (tertiary/aromatic N) is 2. The van der Waals surface area contributed by atoms with E-state index < -0.39 is 0 Å². The molecule has 0 spiro atoms. The first-order chi connectivity index (χ1) is 10.3. The monoisotopic (exact) mass is 287 g/mol. The van der Waals surface area contributed by atoms with Gasteiger partial charge in [-0.2, -0.15) is 4.98 Å². The van der Waals surface area contributed by atoms with E-state index in [-0.39, 0.29) is 6.04 Å². The molecule has 0 saturated carbocycles. The van der Waals surface area contributed by atoms with E-state index in [1.54, 1.807) is 7.11 Å². The Morgan fingerprint density at radius 3 is 3.00 bits per heavy atom. The van der Waals surface area contributed by atoms with Gasteiger partial charge in [0.25, 0.3) is 0 Å². The Bertz CT molecular complexity index is 601. The summed E-state index contributed by atoms with van der Waals surface area (Å²) < 4.78 is 10.7. The fraction of sp³-hybridized carbons (Fsp3) is 0.500. The molecule has 1 aromatic heterocycles. The molecule has 2 aromatic rings. The largest absolute Gasteiger partial charge is 0.496 e. The highest BCUT2D eigenvalue weighted by Gasteiger charge is 2.20. The molecule has 1 N–H and O–H groups in total. The molecule has 1 saturated heterocycles. The van der Waals surface area contributed by atoms with Crippen molar-refractivity contribution in [2.45, 2.75) is 38.6 Å². The minimum atomic E-state index is 0.188. The van der Waals surface area contributed by atoms with Crippen LogP contribution >= 0.6 is 0 Å². The van der Waals surface area contributed by atoms with Crippen LogP contribution in [-0.4, -0.2) is 23.8 Å².